The highest BCUT2D eigenvalue weighted by Crippen LogP contribution is 2.29. The normalized spacial score (nSPS) is 15.9. The zero-order valence-electron chi connectivity index (χ0n) is 13.3. The number of alkyl halides is 3. The van der Waals surface area contributed by atoms with Crippen molar-refractivity contribution >= 4 is 17.5 Å². The third kappa shape index (κ3) is 5.28. The molecular weight excluding hydrogens is 328 g/mol. The van der Waals surface area contributed by atoms with Gasteiger partial charge in [-0.05, 0) is 31.0 Å². The van der Waals surface area contributed by atoms with Crippen molar-refractivity contribution < 1.29 is 27.1 Å². The zero-order valence-corrected chi connectivity index (χ0v) is 13.3. The quantitative estimate of drug-likeness (QED) is 0.802. The Morgan fingerprint density at radius 1 is 1.29 bits per heavy atom. The molecule has 0 unspecified atom stereocenters. The van der Waals surface area contributed by atoms with Crippen LogP contribution in [0.5, 0.6) is 0 Å². The fourth-order valence-corrected chi connectivity index (χ4v) is 2.84. The van der Waals surface area contributed by atoms with Gasteiger partial charge in [-0.3, -0.25) is 5.32 Å². The van der Waals surface area contributed by atoms with E-state index in [4.69, 9.17) is 0 Å². The van der Waals surface area contributed by atoms with Crippen LogP contribution in [0, 0.1) is 5.82 Å². The van der Waals surface area contributed by atoms with Crippen LogP contribution < -0.4 is 10.2 Å². The van der Waals surface area contributed by atoms with E-state index in [1.165, 1.54) is 18.6 Å². The molecule has 1 saturated carbocycles. The Kier molecular flexibility index (Phi) is 5.90. The summed E-state index contributed by atoms with van der Waals surface area (Å²) in [5.41, 5.74) is 0.441. The highest BCUT2D eigenvalue weighted by molar-refractivity contribution is 5.85. The second kappa shape index (κ2) is 7.72. The number of anilines is 2. The molecule has 8 heteroatoms. The topological polar surface area (TPSA) is 41.6 Å². The minimum atomic E-state index is -4.60. The van der Waals surface area contributed by atoms with Gasteiger partial charge in [0, 0.05) is 18.8 Å². The summed E-state index contributed by atoms with van der Waals surface area (Å²) in [4.78, 5) is 13.1. The van der Waals surface area contributed by atoms with Crippen LogP contribution in [-0.2, 0) is 4.74 Å². The van der Waals surface area contributed by atoms with Gasteiger partial charge in [0.05, 0.1) is 5.69 Å². The van der Waals surface area contributed by atoms with E-state index < -0.39 is 24.7 Å². The number of hydrogen-bond donors (Lipinski definition) is 1. The molecular formula is C16H20F4N2O2. The molecule has 1 aliphatic carbocycles. The summed E-state index contributed by atoms with van der Waals surface area (Å²) in [6.07, 6.45) is -0.465. The number of carbonyl (C=O) groups excluding carboxylic acids is 1. The monoisotopic (exact) mass is 348 g/mol. The predicted molar refractivity (Wildman–Crippen MR) is 82.7 cm³/mol. The van der Waals surface area contributed by atoms with Gasteiger partial charge in [0.25, 0.3) is 0 Å². The van der Waals surface area contributed by atoms with Gasteiger partial charge in [-0.25, -0.2) is 9.18 Å². The number of carbonyl (C=O) groups is 1. The Labute approximate surface area is 137 Å². The maximum Gasteiger partial charge on any atom is 0.422 e. The minimum absolute atomic E-state index is 0.0421. The number of nitrogens with zero attached hydrogens (tertiary/aromatic N) is 1. The van der Waals surface area contributed by atoms with Crippen molar-refractivity contribution in [3.05, 3.63) is 24.0 Å². The third-order valence-corrected chi connectivity index (χ3v) is 4.06. The van der Waals surface area contributed by atoms with Crippen molar-refractivity contribution in [2.75, 3.05) is 23.9 Å². The molecule has 0 atom stereocenters. The van der Waals surface area contributed by atoms with Crippen molar-refractivity contribution in [2.45, 2.75) is 44.3 Å². The van der Waals surface area contributed by atoms with Crippen LogP contribution >= 0.6 is 0 Å². The first-order chi connectivity index (χ1) is 11.3. The largest absolute Gasteiger partial charge is 0.440 e. The maximum absolute atomic E-state index is 14.3. The van der Waals surface area contributed by atoms with Crippen molar-refractivity contribution in [1.82, 2.24) is 0 Å². The van der Waals surface area contributed by atoms with Gasteiger partial charge >= 0.3 is 12.3 Å². The molecule has 2 rings (SSSR count). The zero-order chi connectivity index (χ0) is 17.7. The Morgan fingerprint density at radius 3 is 2.54 bits per heavy atom. The van der Waals surface area contributed by atoms with Gasteiger partial charge < -0.3 is 9.64 Å². The molecule has 4 nitrogen and oxygen atoms in total. The van der Waals surface area contributed by atoms with Crippen molar-refractivity contribution in [1.29, 1.82) is 0 Å². The van der Waals surface area contributed by atoms with E-state index in [-0.39, 0.29) is 11.7 Å². The molecule has 0 bridgehead atoms. The van der Waals surface area contributed by atoms with Crippen molar-refractivity contribution in [3.8, 4) is 0 Å². The molecule has 0 aliphatic heterocycles. The first kappa shape index (κ1) is 18.4. The van der Waals surface area contributed by atoms with E-state index in [1.807, 2.05) is 11.9 Å². The molecule has 0 aromatic heterocycles. The second-order valence-corrected chi connectivity index (χ2v) is 5.89. The minimum Gasteiger partial charge on any atom is -0.440 e. The third-order valence-electron chi connectivity index (χ3n) is 4.06. The summed E-state index contributed by atoms with van der Waals surface area (Å²) in [6.45, 7) is -1.69. The van der Waals surface area contributed by atoms with Gasteiger partial charge in [0.15, 0.2) is 6.61 Å². The second-order valence-electron chi connectivity index (χ2n) is 5.89. The number of ether oxygens (including phenoxy) is 1. The van der Waals surface area contributed by atoms with Crippen LogP contribution in [0.15, 0.2) is 18.2 Å². The van der Waals surface area contributed by atoms with E-state index >= 15 is 0 Å². The van der Waals surface area contributed by atoms with Gasteiger partial charge in [0.1, 0.15) is 5.82 Å². The Bertz CT molecular complexity index is 572. The van der Waals surface area contributed by atoms with Crippen molar-refractivity contribution in [3.63, 3.8) is 0 Å². The average Bonchev–Trinajstić information content (AvgIpc) is 2.53. The molecule has 0 spiro atoms. The molecule has 0 radical (unpaired) electrons. The van der Waals surface area contributed by atoms with Crippen LogP contribution in [0.2, 0.25) is 0 Å². The lowest BCUT2D eigenvalue weighted by Crippen LogP contribution is -2.33. The van der Waals surface area contributed by atoms with E-state index in [0.717, 1.165) is 31.7 Å². The van der Waals surface area contributed by atoms with Gasteiger partial charge in [-0.1, -0.05) is 19.3 Å². The highest BCUT2D eigenvalue weighted by atomic mass is 19.4. The molecule has 1 aliphatic rings. The highest BCUT2D eigenvalue weighted by Gasteiger charge is 2.29. The fourth-order valence-electron chi connectivity index (χ4n) is 2.84. The standard InChI is InChI=1S/C16H20F4N2O2/c1-22(12-5-3-2-4-6-12)14-8-7-11(9-13(14)17)21-15(23)24-10-16(18,19)20/h7-9,12H,2-6,10H2,1H3,(H,21,23). The number of benzene rings is 1. The average molecular weight is 348 g/mol. The number of rotatable bonds is 4. The lowest BCUT2D eigenvalue weighted by molar-refractivity contribution is -0.159. The molecule has 24 heavy (non-hydrogen) atoms. The molecule has 1 N–H and O–H groups in total. The van der Waals surface area contributed by atoms with E-state index in [1.54, 1.807) is 0 Å². The maximum atomic E-state index is 14.3. The van der Waals surface area contributed by atoms with Crippen LogP contribution in [0.3, 0.4) is 0 Å². The lowest BCUT2D eigenvalue weighted by Gasteiger charge is -2.33. The lowest BCUT2D eigenvalue weighted by atomic mass is 9.94. The van der Waals surface area contributed by atoms with Crippen LogP contribution in [0.4, 0.5) is 33.7 Å². The van der Waals surface area contributed by atoms with Crippen molar-refractivity contribution in [2.24, 2.45) is 0 Å². The van der Waals surface area contributed by atoms with Crippen LogP contribution in [0.25, 0.3) is 0 Å². The Balaban J connectivity index is 1.97. The number of hydrogen-bond acceptors (Lipinski definition) is 3. The molecule has 1 aromatic rings. The summed E-state index contributed by atoms with van der Waals surface area (Å²) in [5, 5.41) is 2.08. The molecule has 1 fully saturated rings. The SMILES string of the molecule is CN(c1ccc(NC(=O)OCC(F)(F)F)cc1F)C1CCCCC1. The molecule has 134 valence electrons. The molecule has 1 amide bonds. The smallest absolute Gasteiger partial charge is 0.422 e. The first-order valence-corrected chi connectivity index (χ1v) is 7.79. The summed E-state index contributed by atoms with van der Waals surface area (Å²) in [5.74, 6) is -0.545. The fraction of sp³-hybridized carbons (Fsp3) is 0.562. The summed E-state index contributed by atoms with van der Waals surface area (Å²) in [7, 11) is 1.82. The van der Waals surface area contributed by atoms with Gasteiger partial charge in [-0.2, -0.15) is 13.2 Å². The summed E-state index contributed by atoms with van der Waals surface area (Å²) >= 11 is 0. The Hall–Kier alpha value is -1.99. The van der Waals surface area contributed by atoms with E-state index in [0.29, 0.717) is 5.69 Å². The molecule has 0 heterocycles. The Morgan fingerprint density at radius 2 is 1.96 bits per heavy atom. The van der Waals surface area contributed by atoms with E-state index in [2.05, 4.69) is 10.1 Å². The number of halogens is 4. The predicted octanol–water partition coefficient (Wildman–Crippen LogP) is 4.71. The molecule has 0 saturated heterocycles. The van der Waals surface area contributed by atoms with Crippen LogP contribution in [-0.4, -0.2) is 32.0 Å². The number of amides is 1. The van der Waals surface area contributed by atoms with Gasteiger partial charge in [-0.15, -0.1) is 0 Å². The summed E-state index contributed by atoms with van der Waals surface area (Å²) < 4.78 is 54.2. The van der Waals surface area contributed by atoms with Crippen LogP contribution in [0.1, 0.15) is 32.1 Å². The number of nitrogens with one attached hydrogen (secondary N) is 1. The van der Waals surface area contributed by atoms with Gasteiger partial charge in [0.2, 0.25) is 0 Å². The first-order valence-electron chi connectivity index (χ1n) is 7.79. The molecule has 1 aromatic carbocycles. The van der Waals surface area contributed by atoms with E-state index in [9.17, 15) is 22.4 Å². The summed E-state index contributed by atoms with van der Waals surface area (Å²) in [6, 6.07) is 4.28.